The van der Waals surface area contributed by atoms with Crippen LogP contribution in [-0.4, -0.2) is 0 Å². The molecule has 0 aliphatic rings. The number of benzene rings is 3. The van der Waals surface area contributed by atoms with Crippen LogP contribution in [0.1, 0.15) is 0 Å². The fourth-order valence-corrected chi connectivity index (χ4v) is 2.60. The molecule has 3 aromatic carbocycles. The van der Waals surface area contributed by atoms with Gasteiger partial charge in [-0.2, -0.15) is 0 Å². The Labute approximate surface area is 149 Å². The lowest BCUT2D eigenvalue weighted by atomic mass is 9.92. The van der Waals surface area contributed by atoms with Gasteiger partial charge in [-0.15, -0.1) is 0 Å². The zero-order valence-corrected chi connectivity index (χ0v) is 13.1. The zero-order chi connectivity index (χ0) is 20.9. The van der Waals surface area contributed by atoms with Crippen LogP contribution < -0.4 is 0 Å². The van der Waals surface area contributed by atoms with Crippen molar-refractivity contribution in [2.45, 2.75) is 0 Å². The van der Waals surface area contributed by atoms with E-state index in [0.717, 1.165) is 12.1 Å². The molecule has 146 valence electrons. The molecule has 10 heteroatoms. The predicted molar refractivity (Wildman–Crippen MR) is 76.9 cm³/mol. The van der Waals surface area contributed by atoms with Crippen molar-refractivity contribution in [1.29, 1.82) is 0 Å². The molecule has 0 bridgehead atoms. The van der Waals surface area contributed by atoms with Crippen LogP contribution in [0.25, 0.3) is 22.3 Å². The van der Waals surface area contributed by atoms with E-state index in [2.05, 4.69) is 0 Å². The van der Waals surface area contributed by atoms with E-state index in [9.17, 15) is 43.9 Å². The average molecular weight is 410 g/mol. The normalized spacial score (nSPS) is 11.2. The van der Waals surface area contributed by atoms with Gasteiger partial charge in [-0.1, -0.05) is 24.3 Å². The summed E-state index contributed by atoms with van der Waals surface area (Å²) in [7, 11) is 0. The Morgan fingerprint density at radius 3 is 0.786 bits per heavy atom. The lowest BCUT2D eigenvalue weighted by Crippen LogP contribution is -2.07. The Morgan fingerprint density at radius 1 is 0.321 bits per heavy atom. The molecule has 0 nitrogen and oxygen atoms in total. The fourth-order valence-electron chi connectivity index (χ4n) is 2.60. The van der Waals surface area contributed by atoms with Crippen LogP contribution in [0.4, 0.5) is 43.9 Å². The third kappa shape index (κ3) is 2.71. The summed E-state index contributed by atoms with van der Waals surface area (Å²) in [6.07, 6.45) is 0. The zero-order valence-electron chi connectivity index (χ0n) is 13.1. The number of rotatable bonds is 2. The molecule has 3 aromatic rings. The molecule has 0 aliphatic carbocycles. The molecule has 0 spiro atoms. The Kier molecular flexibility index (Phi) is 4.82. The standard InChI is InChI=1S/C18H4F10/c19-9-7(10(20)14(24)17(27)13(9)23)5-3-1-2-4-6(5)8-11(21)15(25)18(28)16(26)12(8)22/h1-4H. The molecule has 0 aromatic heterocycles. The molecule has 28 heavy (non-hydrogen) atoms. The highest BCUT2D eigenvalue weighted by Gasteiger charge is 2.31. The maximum atomic E-state index is 14.1. The van der Waals surface area contributed by atoms with Gasteiger partial charge < -0.3 is 0 Å². The topological polar surface area (TPSA) is 0 Å². The molecule has 0 fully saturated rings. The molecule has 3 rings (SSSR count). The lowest BCUT2D eigenvalue weighted by Gasteiger charge is -2.15. The van der Waals surface area contributed by atoms with Gasteiger partial charge in [0.15, 0.2) is 46.5 Å². The second kappa shape index (κ2) is 6.84. The van der Waals surface area contributed by atoms with Crippen molar-refractivity contribution in [3.8, 4) is 22.3 Å². The highest BCUT2D eigenvalue weighted by Crippen LogP contribution is 2.40. The van der Waals surface area contributed by atoms with Gasteiger partial charge in [-0.25, -0.2) is 43.9 Å². The summed E-state index contributed by atoms with van der Waals surface area (Å²) in [6.45, 7) is 0. The second-order valence-corrected chi connectivity index (χ2v) is 5.44. The molecule has 0 radical (unpaired) electrons. The summed E-state index contributed by atoms with van der Waals surface area (Å²) in [5.74, 6) is -23.7. The van der Waals surface area contributed by atoms with Gasteiger partial charge in [0.05, 0.1) is 11.1 Å². The van der Waals surface area contributed by atoms with Crippen molar-refractivity contribution >= 4 is 0 Å². The van der Waals surface area contributed by atoms with Crippen molar-refractivity contribution in [1.82, 2.24) is 0 Å². The molecular formula is C18H4F10. The van der Waals surface area contributed by atoms with Gasteiger partial charge in [0, 0.05) is 0 Å². The summed E-state index contributed by atoms with van der Waals surface area (Å²) in [4.78, 5) is 0. The van der Waals surface area contributed by atoms with Gasteiger partial charge in [0.25, 0.3) is 0 Å². The smallest absolute Gasteiger partial charge is 0.200 e. The minimum atomic E-state index is -2.48. The summed E-state index contributed by atoms with van der Waals surface area (Å²) in [5, 5.41) is 0. The van der Waals surface area contributed by atoms with E-state index in [-0.39, 0.29) is 0 Å². The van der Waals surface area contributed by atoms with Crippen molar-refractivity contribution in [2.75, 3.05) is 0 Å². The summed E-state index contributed by atoms with van der Waals surface area (Å²) >= 11 is 0. The lowest BCUT2D eigenvalue weighted by molar-refractivity contribution is 0.380. The molecule has 0 saturated carbocycles. The largest absolute Gasteiger partial charge is 0.203 e. The van der Waals surface area contributed by atoms with Crippen molar-refractivity contribution < 1.29 is 43.9 Å². The van der Waals surface area contributed by atoms with E-state index < -0.39 is 80.4 Å². The molecular weight excluding hydrogens is 406 g/mol. The van der Waals surface area contributed by atoms with Crippen molar-refractivity contribution in [3.05, 3.63) is 82.4 Å². The summed E-state index contributed by atoms with van der Waals surface area (Å²) < 4.78 is 137. The van der Waals surface area contributed by atoms with Crippen LogP contribution in [0.15, 0.2) is 24.3 Å². The monoisotopic (exact) mass is 410 g/mol. The minimum Gasteiger partial charge on any atom is -0.203 e. The van der Waals surface area contributed by atoms with Crippen LogP contribution in [-0.2, 0) is 0 Å². The molecule has 0 amide bonds. The van der Waals surface area contributed by atoms with E-state index in [0.29, 0.717) is 12.1 Å². The first-order valence-corrected chi connectivity index (χ1v) is 7.22. The van der Waals surface area contributed by atoms with E-state index >= 15 is 0 Å². The highest BCUT2D eigenvalue weighted by molar-refractivity contribution is 5.84. The Morgan fingerprint density at radius 2 is 0.536 bits per heavy atom. The summed E-state index contributed by atoms with van der Waals surface area (Å²) in [5.41, 5.74) is -5.12. The molecule has 0 heterocycles. The average Bonchev–Trinajstić information content (AvgIpc) is 2.69. The van der Waals surface area contributed by atoms with Gasteiger partial charge in [-0.3, -0.25) is 0 Å². The van der Waals surface area contributed by atoms with E-state index in [4.69, 9.17) is 0 Å². The highest BCUT2D eigenvalue weighted by atomic mass is 19.2. The maximum Gasteiger partial charge on any atom is 0.200 e. The molecule has 0 aliphatic heterocycles. The summed E-state index contributed by atoms with van der Waals surface area (Å²) in [6, 6.07) is 3.41. The van der Waals surface area contributed by atoms with Crippen molar-refractivity contribution in [2.24, 2.45) is 0 Å². The second-order valence-electron chi connectivity index (χ2n) is 5.44. The maximum absolute atomic E-state index is 14.1. The Hall–Kier alpha value is -3.04. The van der Waals surface area contributed by atoms with E-state index in [1.165, 1.54) is 0 Å². The molecule has 0 N–H and O–H groups in total. The van der Waals surface area contributed by atoms with Gasteiger partial charge in [-0.05, 0) is 11.1 Å². The number of halogens is 10. The minimum absolute atomic E-state index is 0.700. The SMILES string of the molecule is Fc1c(F)c(F)c(-c2ccccc2-c2c(F)c(F)c(F)c(F)c2F)c(F)c1F. The van der Waals surface area contributed by atoms with E-state index in [1.807, 2.05) is 0 Å². The predicted octanol–water partition coefficient (Wildman–Crippen LogP) is 6.41. The van der Waals surface area contributed by atoms with Gasteiger partial charge >= 0.3 is 0 Å². The molecule has 0 unspecified atom stereocenters. The van der Waals surface area contributed by atoms with Crippen molar-refractivity contribution in [3.63, 3.8) is 0 Å². The van der Waals surface area contributed by atoms with Crippen LogP contribution >= 0.6 is 0 Å². The first-order valence-electron chi connectivity index (χ1n) is 7.22. The Balaban J connectivity index is 2.46. The van der Waals surface area contributed by atoms with Crippen LogP contribution in [0.3, 0.4) is 0 Å². The van der Waals surface area contributed by atoms with Gasteiger partial charge in [0.2, 0.25) is 11.6 Å². The molecule has 0 saturated heterocycles. The Bertz CT molecular complexity index is 974. The third-order valence-corrected chi connectivity index (χ3v) is 3.89. The first kappa shape index (κ1) is 19.7. The van der Waals surface area contributed by atoms with Crippen LogP contribution in [0, 0.1) is 58.2 Å². The van der Waals surface area contributed by atoms with Gasteiger partial charge in [0.1, 0.15) is 0 Å². The third-order valence-electron chi connectivity index (χ3n) is 3.89. The fraction of sp³-hybridized carbons (Fsp3) is 0. The van der Waals surface area contributed by atoms with Crippen LogP contribution in [0.5, 0.6) is 0 Å². The molecule has 0 atom stereocenters. The quantitative estimate of drug-likeness (QED) is 0.260. The van der Waals surface area contributed by atoms with E-state index in [1.54, 1.807) is 0 Å². The number of hydrogen-bond donors (Lipinski definition) is 0. The number of hydrogen-bond acceptors (Lipinski definition) is 0. The van der Waals surface area contributed by atoms with Crippen LogP contribution in [0.2, 0.25) is 0 Å². The first-order chi connectivity index (χ1) is 13.1.